The molecule has 0 fully saturated rings. The lowest BCUT2D eigenvalue weighted by atomic mass is 9.89. The van der Waals surface area contributed by atoms with Crippen LogP contribution in [-0.4, -0.2) is 44.9 Å². The SMILES string of the molecule is CN=C(NCc1ccc(OC)nc1)NCC(OC)C(C)(C)C. The van der Waals surface area contributed by atoms with Crippen LogP contribution in [0.4, 0.5) is 0 Å². The molecule has 0 aromatic carbocycles. The Hall–Kier alpha value is -1.82. The number of hydrogen-bond acceptors (Lipinski definition) is 4. The van der Waals surface area contributed by atoms with Crippen molar-refractivity contribution in [2.75, 3.05) is 27.8 Å². The molecule has 124 valence electrons. The maximum atomic E-state index is 5.53. The van der Waals surface area contributed by atoms with Gasteiger partial charge in [-0.25, -0.2) is 4.98 Å². The van der Waals surface area contributed by atoms with Crippen LogP contribution >= 0.6 is 0 Å². The summed E-state index contributed by atoms with van der Waals surface area (Å²) in [6, 6.07) is 3.81. The van der Waals surface area contributed by atoms with E-state index < -0.39 is 0 Å². The van der Waals surface area contributed by atoms with Crippen molar-refractivity contribution in [3.05, 3.63) is 23.9 Å². The van der Waals surface area contributed by atoms with Crippen LogP contribution in [0.1, 0.15) is 26.3 Å². The first-order valence-electron chi connectivity index (χ1n) is 7.37. The van der Waals surface area contributed by atoms with Gasteiger partial charge < -0.3 is 20.1 Å². The normalized spacial score (nSPS) is 13.6. The van der Waals surface area contributed by atoms with E-state index in [4.69, 9.17) is 9.47 Å². The lowest BCUT2D eigenvalue weighted by Gasteiger charge is -2.30. The van der Waals surface area contributed by atoms with Gasteiger partial charge in [0.1, 0.15) is 0 Å². The van der Waals surface area contributed by atoms with Gasteiger partial charge in [-0.15, -0.1) is 0 Å². The minimum absolute atomic E-state index is 0.0699. The van der Waals surface area contributed by atoms with Crippen LogP contribution in [0.3, 0.4) is 0 Å². The number of nitrogens with one attached hydrogen (secondary N) is 2. The molecule has 0 saturated carbocycles. The van der Waals surface area contributed by atoms with Crippen molar-refractivity contribution in [1.29, 1.82) is 0 Å². The molecule has 0 aliphatic rings. The largest absolute Gasteiger partial charge is 0.481 e. The van der Waals surface area contributed by atoms with E-state index in [1.165, 1.54) is 0 Å². The quantitative estimate of drug-likeness (QED) is 0.620. The minimum atomic E-state index is 0.0699. The van der Waals surface area contributed by atoms with Crippen LogP contribution in [0.25, 0.3) is 0 Å². The molecule has 0 amide bonds. The topological polar surface area (TPSA) is 67.8 Å². The number of aromatic nitrogens is 1. The molecule has 0 radical (unpaired) electrons. The van der Waals surface area contributed by atoms with Gasteiger partial charge in [-0.3, -0.25) is 4.99 Å². The molecule has 6 heteroatoms. The summed E-state index contributed by atoms with van der Waals surface area (Å²) in [5.41, 5.74) is 1.13. The Morgan fingerprint density at radius 3 is 2.45 bits per heavy atom. The molecular formula is C16H28N4O2. The standard InChI is InChI=1S/C16H28N4O2/c1-16(2,3)13(21-5)11-20-15(17-4)19-10-12-7-8-14(22-6)18-9-12/h7-9,13H,10-11H2,1-6H3,(H2,17,19,20). The summed E-state index contributed by atoms with van der Waals surface area (Å²) in [5.74, 6) is 1.35. The molecular weight excluding hydrogens is 280 g/mol. The van der Waals surface area contributed by atoms with Gasteiger partial charge in [0.2, 0.25) is 5.88 Å². The monoisotopic (exact) mass is 308 g/mol. The van der Waals surface area contributed by atoms with E-state index in [0.29, 0.717) is 19.0 Å². The van der Waals surface area contributed by atoms with Crippen molar-refractivity contribution in [3.63, 3.8) is 0 Å². The smallest absolute Gasteiger partial charge is 0.212 e. The summed E-state index contributed by atoms with van der Waals surface area (Å²) < 4.78 is 10.6. The highest BCUT2D eigenvalue weighted by molar-refractivity contribution is 5.79. The fourth-order valence-electron chi connectivity index (χ4n) is 1.98. The van der Waals surface area contributed by atoms with Crippen molar-refractivity contribution < 1.29 is 9.47 Å². The first-order chi connectivity index (χ1) is 10.4. The average molecular weight is 308 g/mol. The molecule has 1 atom stereocenters. The lowest BCUT2D eigenvalue weighted by Crippen LogP contribution is -2.45. The number of hydrogen-bond donors (Lipinski definition) is 2. The Kier molecular flexibility index (Phi) is 7.11. The Morgan fingerprint density at radius 2 is 2.00 bits per heavy atom. The van der Waals surface area contributed by atoms with E-state index in [9.17, 15) is 0 Å². The third-order valence-corrected chi connectivity index (χ3v) is 3.40. The van der Waals surface area contributed by atoms with Crippen molar-refractivity contribution in [3.8, 4) is 5.88 Å². The van der Waals surface area contributed by atoms with Gasteiger partial charge in [0.15, 0.2) is 5.96 Å². The molecule has 0 saturated heterocycles. The van der Waals surface area contributed by atoms with Crippen LogP contribution in [0.15, 0.2) is 23.3 Å². The Balaban J connectivity index is 2.48. The Morgan fingerprint density at radius 1 is 1.27 bits per heavy atom. The molecule has 22 heavy (non-hydrogen) atoms. The maximum Gasteiger partial charge on any atom is 0.212 e. The van der Waals surface area contributed by atoms with Gasteiger partial charge in [0, 0.05) is 39.5 Å². The van der Waals surface area contributed by atoms with E-state index in [1.807, 2.05) is 12.1 Å². The molecule has 0 spiro atoms. The molecule has 2 N–H and O–H groups in total. The number of pyridine rings is 1. The van der Waals surface area contributed by atoms with Gasteiger partial charge in [0.25, 0.3) is 0 Å². The summed E-state index contributed by atoms with van der Waals surface area (Å²) in [4.78, 5) is 8.40. The number of ether oxygens (including phenoxy) is 2. The predicted octanol–water partition coefficient (Wildman–Crippen LogP) is 1.82. The van der Waals surface area contributed by atoms with Crippen LogP contribution in [-0.2, 0) is 11.3 Å². The molecule has 1 unspecified atom stereocenters. The highest BCUT2D eigenvalue weighted by atomic mass is 16.5. The zero-order valence-corrected chi connectivity index (χ0v) is 14.4. The van der Waals surface area contributed by atoms with E-state index in [1.54, 1.807) is 27.5 Å². The molecule has 6 nitrogen and oxygen atoms in total. The van der Waals surface area contributed by atoms with Crippen molar-refractivity contribution in [1.82, 2.24) is 15.6 Å². The molecule has 0 aliphatic heterocycles. The first kappa shape index (κ1) is 18.2. The summed E-state index contributed by atoms with van der Waals surface area (Å²) in [7, 11) is 5.09. The predicted molar refractivity (Wildman–Crippen MR) is 89.2 cm³/mol. The fourth-order valence-corrected chi connectivity index (χ4v) is 1.98. The molecule has 1 aromatic heterocycles. The third kappa shape index (κ3) is 5.89. The molecule has 1 heterocycles. The third-order valence-electron chi connectivity index (χ3n) is 3.40. The van der Waals surface area contributed by atoms with Crippen LogP contribution < -0.4 is 15.4 Å². The minimum Gasteiger partial charge on any atom is -0.481 e. The summed E-state index contributed by atoms with van der Waals surface area (Å²) in [6.45, 7) is 7.80. The van der Waals surface area contributed by atoms with Crippen LogP contribution in [0.2, 0.25) is 0 Å². The lowest BCUT2D eigenvalue weighted by molar-refractivity contribution is 0.0205. The molecule has 0 aliphatic carbocycles. The molecule has 0 bridgehead atoms. The van der Waals surface area contributed by atoms with E-state index >= 15 is 0 Å². The Bertz CT molecular complexity index is 466. The van der Waals surface area contributed by atoms with Crippen molar-refractivity contribution in [2.24, 2.45) is 10.4 Å². The van der Waals surface area contributed by atoms with Gasteiger partial charge in [-0.1, -0.05) is 26.8 Å². The number of methoxy groups -OCH3 is 2. The Labute approximate surface area is 133 Å². The van der Waals surface area contributed by atoms with Crippen molar-refractivity contribution >= 4 is 5.96 Å². The van der Waals surface area contributed by atoms with Crippen LogP contribution in [0, 0.1) is 5.41 Å². The van der Waals surface area contributed by atoms with Gasteiger partial charge in [0.05, 0.1) is 13.2 Å². The number of guanidine groups is 1. The van der Waals surface area contributed by atoms with Gasteiger partial charge >= 0.3 is 0 Å². The van der Waals surface area contributed by atoms with E-state index in [0.717, 1.165) is 11.5 Å². The number of aliphatic imine (C=N–C) groups is 1. The molecule has 1 rings (SSSR count). The second-order valence-corrected chi connectivity index (χ2v) is 6.11. The van der Waals surface area contributed by atoms with Crippen LogP contribution in [0.5, 0.6) is 5.88 Å². The van der Waals surface area contributed by atoms with Gasteiger partial charge in [-0.2, -0.15) is 0 Å². The van der Waals surface area contributed by atoms with E-state index in [2.05, 4.69) is 41.4 Å². The highest BCUT2D eigenvalue weighted by Crippen LogP contribution is 2.20. The fraction of sp³-hybridized carbons (Fsp3) is 0.625. The number of nitrogens with zero attached hydrogens (tertiary/aromatic N) is 2. The second-order valence-electron chi connectivity index (χ2n) is 6.11. The first-order valence-corrected chi connectivity index (χ1v) is 7.37. The second kappa shape index (κ2) is 8.58. The number of rotatable bonds is 6. The highest BCUT2D eigenvalue weighted by Gasteiger charge is 2.24. The summed E-state index contributed by atoms with van der Waals surface area (Å²) in [6.07, 6.45) is 1.89. The summed E-state index contributed by atoms with van der Waals surface area (Å²) in [5, 5.41) is 6.55. The molecule has 1 aromatic rings. The zero-order valence-electron chi connectivity index (χ0n) is 14.4. The van der Waals surface area contributed by atoms with E-state index in [-0.39, 0.29) is 11.5 Å². The van der Waals surface area contributed by atoms with Gasteiger partial charge in [-0.05, 0) is 11.0 Å². The average Bonchev–Trinajstić information content (AvgIpc) is 2.50. The summed E-state index contributed by atoms with van der Waals surface area (Å²) >= 11 is 0. The van der Waals surface area contributed by atoms with Crippen molar-refractivity contribution in [2.45, 2.75) is 33.4 Å². The zero-order chi connectivity index (χ0) is 16.6. The maximum absolute atomic E-state index is 5.53.